The molecule has 0 heterocycles. The maximum atomic E-state index is 10.6. The summed E-state index contributed by atoms with van der Waals surface area (Å²) in [6.45, 7) is 2.49. The van der Waals surface area contributed by atoms with E-state index in [0.29, 0.717) is 6.61 Å². The van der Waals surface area contributed by atoms with Gasteiger partial charge in [-0.05, 0) is 6.42 Å². The summed E-state index contributed by atoms with van der Waals surface area (Å²) in [6.07, 6.45) is 4.12. The molecule has 58 valence electrons. The van der Waals surface area contributed by atoms with Crippen LogP contribution in [0.15, 0.2) is 12.2 Å². The molecular weight excluding hydrogens is 243 g/mol. The Hall–Kier alpha value is -0.0600. The van der Waals surface area contributed by atoms with Gasteiger partial charge in [-0.1, -0.05) is 35.6 Å². The smallest absolute Gasteiger partial charge is 0.330 e. The number of carbonyl (C=O) groups is 1. The van der Waals surface area contributed by atoms with E-state index in [4.69, 9.17) is 4.74 Å². The fourth-order valence-electron chi connectivity index (χ4n) is 0.392. The van der Waals surface area contributed by atoms with Gasteiger partial charge in [-0.3, -0.25) is 0 Å². The Morgan fingerprint density at radius 3 is 2.90 bits per heavy atom. The van der Waals surface area contributed by atoms with E-state index in [1.54, 1.807) is 6.08 Å². The second-order valence-corrected chi connectivity index (χ2v) is 2.60. The van der Waals surface area contributed by atoms with Crippen molar-refractivity contribution in [1.29, 1.82) is 0 Å². The van der Waals surface area contributed by atoms with Gasteiger partial charge in [0.15, 0.2) is 0 Å². The lowest BCUT2D eigenvalue weighted by molar-refractivity contribution is -0.137. The first kappa shape index (κ1) is 9.94. The zero-order valence-corrected chi connectivity index (χ0v) is 8.13. The average Bonchev–Trinajstić information content (AvgIpc) is 1.97. The normalized spacial score (nSPS) is 10.2. The second-order valence-electron chi connectivity index (χ2n) is 1.72. The van der Waals surface area contributed by atoms with Crippen molar-refractivity contribution in [3.63, 3.8) is 0 Å². The van der Waals surface area contributed by atoms with Gasteiger partial charge in [0, 0.05) is 10.5 Å². The van der Waals surface area contributed by atoms with Crippen molar-refractivity contribution in [3.05, 3.63) is 12.2 Å². The molecule has 0 amide bonds. The van der Waals surface area contributed by atoms with Crippen LogP contribution in [0, 0.1) is 0 Å². The Morgan fingerprint density at radius 2 is 2.40 bits per heavy atom. The molecule has 0 atom stereocenters. The molecule has 0 rings (SSSR count). The van der Waals surface area contributed by atoms with Crippen LogP contribution >= 0.6 is 22.6 Å². The third kappa shape index (κ3) is 6.07. The van der Waals surface area contributed by atoms with Crippen LogP contribution in [0.2, 0.25) is 0 Å². The molecule has 2 nitrogen and oxygen atoms in total. The molecule has 0 aromatic heterocycles. The topological polar surface area (TPSA) is 26.3 Å². The van der Waals surface area contributed by atoms with E-state index in [-0.39, 0.29) is 5.97 Å². The second kappa shape index (κ2) is 7.05. The van der Waals surface area contributed by atoms with Crippen LogP contribution in [0.3, 0.4) is 0 Å². The number of halogens is 1. The zero-order valence-electron chi connectivity index (χ0n) is 5.97. The van der Waals surface area contributed by atoms with Crippen molar-refractivity contribution in [2.45, 2.75) is 13.3 Å². The van der Waals surface area contributed by atoms with Gasteiger partial charge in [-0.2, -0.15) is 0 Å². The van der Waals surface area contributed by atoms with E-state index in [1.807, 2.05) is 6.92 Å². The van der Waals surface area contributed by atoms with Gasteiger partial charge in [-0.15, -0.1) is 0 Å². The molecule has 0 N–H and O–H groups in total. The van der Waals surface area contributed by atoms with Crippen LogP contribution in [-0.2, 0) is 9.53 Å². The van der Waals surface area contributed by atoms with Crippen LogP contribution in [-0.4, -0.2) is 17.0 Å². The molecule has 0 unspecified atom stereocenters. The standard InChI is InChI=1S/C7H11IO2/c1-2-6-10-7(9)4-3-5-8/h3-4H,2,5-6H2,1H3/b4-3+. The lowest BCUT2D eigenvalue weighted by atomic mass is 10.5. The number of rotatable bonds is 4. The van der Waals surface area contributed by atoms with Crippen molar-refractivity contribution < 1.29 is 9.53 Å². The molecule has 0 saturated carbocycles. The maximum absolute atomic E-state index is 10.6. The lowest BCUT2D eigenvalue weighted by Crippen LogP contribution is -2.00. The summed E-state index contributed by atoms with van der Waals surface area (Å²) >= 11 is 2.16. The van der Waals surface area contributed by atoms with E-state index < -0.39 is 0 Å². The molecule has 0 aliphatic heterocycles. The highest BCUT2D eigenvalue weighted by molar-refractivity contribution is 14.1. The minimum absolute atomic E-state index is 0.237. The van der Waals surface area contributed by atoms with Gasteiger partial charge in [0.2, 0.25) is 0 Å². The zero-order chi connectivity index (χ0) is 7.82. The highest BCUT2D eigenvalue weighted by Crippen LogP contribution is 1.87. The van der Waals surface area contributed by atoms with Gasteiger partial charge in [0.25, 0.3) is 0 Å². The van der Waals surface area contributed by atoms with Crippen LogP contribution in [0.5, 0.6) is 0 Å². The minimum Gasteiger partial charge on any atom is -0.463 e. The number of ether oxygens (including phenoxy) is 1. The Morgan fingerprint density at radius 1 is 1.70 bits per heavy atom. The minimum atomic E-state index is -0.237. The molecule has 10 heavy (non-hydrogen) atoms. The van der Waals surface area contributed by atoms with E-state index in [1.165, 1.54) is 6.08 Å². The molecule has 0 spiro atoms. The number of hydrogen-bond donors (Lipinski definition) is 0. The summed E-state index contributed by atoms with van der Waals surface area (Å²) in [7, 11) is 0. The number of alkyl halides is 1. The van der Waals surface area contributed by atoms with Gasteiger partial charge in [0.1, 0.15) is 0 Å². The fourth-order valence-corrected chi connectivity index (χ4v) is 0.646. The fraction of sp³-hybridized carbons (Fsp3) is 0.571. The molecule has 0 bridgehead atoms. The predicted octanol–water partition coefficient (Wildman–Crippen LogP) is 1.93. The average molecular weight is 254 g/mol. The SMILES string of the molecule is CCCOC(=O)/C=C/CI. The molecule has 0 radical (unpaired) electrons. The van der Waals surface area contributed by atoms with E-state index in [2.05, 4.69) is 22.6 Å². The summed E-state index contributed by atoms with van der Waals surface area (Å²) in [6, 6.07) is 0. The molecule has 0 aliphatic carbocycles. The van der Waals surface area contributed by atoms with Crippen LogP contribution in [0.1, 0.15) is 13.3 Å². The first-order chi connectivity index (χ1) is 4.81. The predicted molar refractivity (Wildman–Crippen MR) is 49.3 cm³/mol. The first-order valence-electron chi connectivity index (χ1n) is 3.20. The van der Waals surface area contributed by atoms with E-state index in [9.17, 15) is 4.79 Å². The van der Waals surface area contributed by atoms with Crippen LogP contribution in [0.4, 0.5) is 0 Å². The number of hydrogen-bond acceptors (Lipinski definition) is 2. The first-order valence-corrected chi connectivity index (χ1v) is 4.73. The monoisotopic (exact) mass is 254 g/mol. The molecule has 0 aromatic carbocycles. The summed E-state index contributed by atoms with van der Waals surface area (Å²) in [4.78, 5) is 10.6. The molecule has 0 fully saturated rings. The van der Waals surface area contributed by atoms with Crippen LogP contribution < -0.4 is 0 Å². The number of esters is 1. The molecule has 0 aromatic rings. The highest BCUT2D eigenvalue weighted by Gasteiger charge is 1.91. The summed E-state index contributed by atoms with van der Waals surface area (Å²) in [5, 5.41) is 0. The Kier molecular flexibility index (Phi) is 7.01. The van der Waals surface area contributed by atoms with Crippen LogP contribution in [0.25, 0.3) is 0 Å². The van der Waals surface area contributed by atoms with Crippen molar-refractivity contribution in [3.8, 4) is 0 Å². The van der Waals surface area contributed by atoms with E-state index >= 15 is 0 Å². The van der Waals surface area contributed by atoms with Gasteiger partial charge >= 0.3 is 5.97 Å². The Labute approximate surface area is 74.8 Å². The van der Waals surface area contributed by atoms with Gasteiger partial charge in [-0.25, -0.2) is 4.79 Å². The number of carbonyl (C=O) groups excluding carboxylic acids is 1. The Bertz CT molecular complexity index is 121. The van der Waals surface area contributed by atoms with Crippen molar-refractivity contribution in [2.75, 3.05) is 11.0 Å². The Balaban J connectivity index is 3.34. The largest absolute Gasteiger partial charge is 0.463 e. The van der Waals surface area contributed by atoms with E-state index in [0.717, 1.165) is 10.8 Å². The maximum Gasteiger partial charge on any atom is 0.330 e. The van der Waals surface area contributed by atoms with Crippen molar-refractivity contribution >= 4 is 28.6 Å². The summed E-state index contributed by atoms with van der Waals surface area (Å²) in [5.41, 5.74) is 0. The summed E-state index contributed by atoms with van der Waals surface area (Å²) in [5.74, 6) is -0.237. The summed E-state index contributed by atoms with van der Waals surface area (Å²) < 4.78 is 5.61. The van der Waals surface area contributed by atoms with Crippen molar-refractivity contribution in [1.82, 2.24) is 0 Å². The third-order valence-corrected chi connectivity index (χ3v) is 1.30. The van der Waals surface area contributed by atoms with Crippen molar-refractivity contribution in [2.24, 2.45) is 0 Å². The van der Waals surface area contributed by atoms with Gasteiger partial charge in [0.05, 0.1) is 6.61 Å². The van der Waals surface area contributed by atoms with Gasteiger partial charge < -0.3 is 4.74 Å². The highest BCUT2D eigenvalue weighted by atomic mass is 127. The number of allylic oxidation sites excluding steroid dienone is 1. The molecule has 0 aliphatic rings. The molecular formula is C7H11IO2. The lowest BCUT2D eigenvalue weighted by Gasteiger charge is -1.95. The third-order valence-electron chi connectivity index (χ3n) is 0.791. The molecule has 0 saturated heterocycles. The quantitative estimate of drug-likeness (QED) is 0.331. The molecule has 3 heteroatoms.